The zero-order valence-corrected chi connectivity index (χ0v) is 11.7. The molecule has 5 nitrogen and oxygen atoms in total. The summed E-state index contributed by atoms with van der Waals surface area (Å²) in [6.07, 6.45) is 3.56. The monoisotopic (exact) mass is 279 g/mol. The summed E-state index contributed by atoms with van der Waals surface area (Å²) >= 11 is 0. The number of aliphatic hydroxyl groups excluding tert-OH is 1. The SMILES string of the molecule is COc1cc(C(O)C2(CN)CCCC2)cc2c1OCO2. The molecule has 1 aromatic rings. The highest BCUT2D eigenvalue weighted by atomic mass is 16.7. The van der Waals surface area contributed by atoms with E-state index < -0.39 is 6.10 Å². The van der Waals surface area contributed by atoms with Gasteiger partial charge in [0, 0.05) is 12.0 Å². The Morgan fingerprint density at radius 2 is 2.10 bits per heavy atom. The number of hydrogen-bond acceptors (Lipinski definition) is 5. The van der Waals surface area contributed by atoms with E-state index in [0.29, 0.717) is 23.8 Å². The second-order valence-corrected chi connectivity index (χ2v) is 5.63. The van der Waals surface area contributed by atoms with E-state index in [4.69, 9.17) is 19.9 Å². The zero-order chi connectivity index (χ0) is 14.2. The molecule has 1 aliphatic heterocycles. The van der Waals surface area contributed by atoms with E-state index in [-0.39, 0.29) is 12.2 Å². The van der Waals surface area contributed by atoms with Crippen molar-refractivity contribution in [2.75, 3.05) is 20.4 Å². The van der Waals surface area contributed by atoms with Crippen LogP contribution in [0.3, 0.4) is 0 Å². The van der Waals surface area contributed by atoms with Crippen LogP contribution < -0.4 is 19.9 Å². The summed E-state index contributed by atoms with van der Waals surface area (Å²) in [4.78, 5) is 0. The van der Waals surface area contributed by atoms with Crippen LogP contribution in [-0.4, -0.2) is 25.6 Å². The van der Waals surface area contributed by atoms with Crippen LogP contribution in [0.4, 0.5) is 0 Å². The highest BCUT2D eigenvalue weighted by Crippen LogP contribution is 2.50. The van der Waals surface area contributed by atoms with Crippen LogP contribution in [0.1, 0.15) is 37.4 Å². The van der Waals surface area contributed by atoms with E-state index in [1.54, 1.807) is 7.11 Å². The molecule has 20 heavy (non-hydrogen) atoms. The van der Waals surface area contributed by atoms with Gasteiger partial charge in [0.2, 0.25) is 12.5 Å². The summed E-state index contributed by atoms with van der Waals surface area (Å²) in [5.74, 6) is 1.83. The van der Waals surface area contributed by atoms with Gasteiger partial charge in [-0.3, -0.25) is 0 Å². The van der Waals surface area contributed by atoms with Crippen LogP contribution in [0.25, 0.3) is 0 Å². The zero-order valence-electron chi connectivity index (χ0n) is 11.7. The van der Waals surface area contributed by atoms with Crippen LogP contribution in [-0.2, 0) is 0 Å². The fourth-order valence-electron chi connectivity index (χ4n) is 3.33. The third kappa shape index (κ3) is 2.01. The highest BCUT2D eigenvalue weighted by Gasteiger charge is 2.41. The molecule has 1 atom stereocenters. The minimum Gasteiger partial charge on any atom is -0.493 e. The van der Waals surface area contributed by atoms with Gasteiger partial charge in [-0.1, -0.05) is 12.8 Å². The van der Waals surface area contributed by atoms with Crippen LogP contribution in [0.5, 0.6) is 17.2 Å². The first-order valence-electron chi connectivity index (χ1n) is 7.06. The Kier molecular flexibility index (Phi) is 3.48. The molecule has 0 saturated heterocycles. The largest absolute Gasteiger partial charge is 0.493 e. The second-order valence-electron chi connectivity index (χ2n) is 5.63. The maximum atomic E-state index is 10.8. The lowest BCUT2D eigenvalue weighted by Crippen LogP contribution is -2.34. The lowest BCUT2D eigenvalue weighted by atomic mass is 9.77. The van der Waals surface area contributed by atoms with Crippen molar-refractivity contribution in [1.29, 1.82) is 0 Å². The van der Waals surface area contributed by atoms with Gasteiger partial charge in [0.05, 0.1) is 13.2 Å². The Bertz CT molecular complexity index is 497. The maximum absolute atomic E-state index is 10.8. The molecule has 5 heteroatoms. The minimum absolute atomic E-state index is 0.188. The molecule has 0 radical (unpaired) electrons. The first-order chi connectivity index (χ1) is 9.70. The average Bonchev–Trinajstić information content (AvgIpc) is 3.14. The smallest absolute Gasteiger partial charge is 0.231 e. The number of ether oxygens (including phenoxy) is 3. The molecule has 1 unspecified atom stereocenters. The van der Waals surface area contributed by atoms with E-state index in [2.05, 4.69) is 0 Å². The van der Waals surface area contributed by atoms with Crippen molar-refractivity contribution in [3.05, 3.63) is 17.7 Å². The van der Waals surface area contributed by atoms with Crippen LogP contribution in [0, 0.1) is 5.41 Å². The summed E-state index contributed by atoms with van der Waals surface area (Å²) in [6.45, 7) is 0.679. The quantitative estimate of drug-likeness (QED) is 0.881. The van der Waals surface area contributed by atoms with Crippen LogP contribution in [0.15, 0.2) is 12.1 Å². The standard InChI is InChI=1S/C15H21NO4/c1-18-11-6-10(7-12-13(11)20-9-19-12)14(17)15(8-16)4-2-3-5-15/h6-7,14,17H,2-5,8-9,16H2,1H3. The van der Waals surface area contributed by atoms with Gasteiger partial charge in [-0.2, -0.15) is 0 Å². The molecule has 0 spiro atoms. The van der Waals surface area contributed by atoms with Crippen molar-refractivity contribution in [2.24, 2.45) is 11.1 Å². The maximum Gasteiger partial charge on any atom is 0.231 e. The van der Waals surface area contributed by atoms with Crippen LogP contribution in [0.2, 0.25) is 0 Å². The molecule has 3 rings (SSSR count). The summed E-state index contributed by atoms with van der Waals surface area (Å²) < 4.78 is 16.1. The molecule has 1 saturated carbocycles. The molecule has 0 bridgehead atoms. The van der Waals surface area contributed by atoms with Gasteiger partial charge < -0.3 is 25.1 Å². The Labute approximate surface area is 118 Å². The number of fused-ring (bicyclic) bond motifs is 1. The van der Waals surface area contributed by atoms with E-state index >= 15 is 0 Å². The third-order valence-electron chi connectivity index (χ3n) is 4.58. The molecular formula is C15H21NO4. The van der Waals surface area contributed by atoms with E-state index in [1.807, 2.05) is 12.1 Å². The van der Waals surface area contributed by atoms with E-state index in [1.165, 1.54) is 0 Å². The fourth-order valence-corrected chi connectivity index (χ4v) is 3.33. The topological polar surface area (TPSA) is 73.9 Å². The molecule has 0 aromatic heterocycles. The molecule has 0 amide bonds. The van der Waals surface area contributed by atoms with Crippen molar-refractivity contribution in [2.45, 2.75) is 31.8 Å². The van der Waals surface area contributed by atoms with E-state index in [0.717, 1.165) is 31.2 Å². The molecule has 1 aromatic carbocycles. The van der Waals surface area contributed by atoms with Crippen LogP contribution >= 0.6 is 0 Å². The molecule has 3 N–H and O–H groups in total. The number of nitrogens with two attached hydrogens (primary N) is 1. The summed E-state index contributed by atoms with van der Waals surface area (Å²) in [5.41, 5.74) is 6.51. The summed E-state index contributed by atoms with van der Waals surface area (Å²) in [5, 5.41) is 10.8. The average molecular weight is 279 g/mol. The summed E-state index contributed by atoms with van der Waals surface area (Å²) in [7, 11) is 1.59. The minimum atomic E-state index is -0.599. The molecule has 110 valence electrons. The number of aliphatic hydroxyl groups is 1. The van der Waals surface area contributed by atoms with Crippen molar-refractivity contribution in [1.82, 2.24) is 0 Å². The van der Waals surface area contributed by atoms with Crippen molar-refractivity contribution in [3.63, 3.8) is 0 Å². The number of rotatable bonds is 4. The number of hydrogen-bond donors (Lipinski definition) is 2. The second kappa shape index (κ2) is 5.14. The Morgan fingerprint density at radius 3 is 2.75 bits per heavy atom. The molecule has 1 fully saturated rings. The predicted molar refractivity (Wildman–Crippen MR) is 74.0 cm³/mol. The van der Waals surface area contributed by atoms with Crippen molar-refractivity contribution >= 4 is 0 Å². The van der Waals surface area contributed by atoms with Gasteiger partial charge in [-0.25, -0.2) is 0 Å². The van der Waals surface area contributed by atoms with Crippen molar-refractivity contribution < 1.29 is 19.3 Å². The first-order valence-corrected chi connectivity index (χ1v) is 7.06. The van der Waals surface area contributed by atoms with Gasteiger partial charge in [0.25, 0.3) is 0 Å². The van der Waals surface area contributed by atoms with Gasteiger partial charge >= 0.3 is 0 Å². The van der Waals surface area contributed by atoms with Gasteiger partial charge in [0.15, 0.2) is 11.5 Å². The number of benzene rings is 1. The van der Waals surface area contributed by atoms with Gasteiger partial charge in [-0.05, 0) is 30.5 Å². The number of methoxy groups -OCH3 is 1. The molecule has 2 aliphatic rings. The molecular weight excluding hydrogens is 258 g/mol. The Balaban J connectivity index is 1.97. The van der Waals surface area contributed by atoms with Gasteiger partial charge in [-0.15, -0.1) is 0 Å². The lowest BCUT2D eigenvalue weighted by Gasteiger charge is -2.33. The summed E-state index contributed by atoms with van der Waals surface area (Å²) in [6, 6.07) is 3.67. The molecule has 1 heterocycles. The van der Waals surface area contributed by atoms with E-state index in [9.17, 15) is 5.11 Å². The Morgan fingerprint density at radius 1 is 1.35 bits per heavy atom. The normalized spacial score (nSPS) is 20.9. The first kappa shape index (κ1) is 13.5. The lowest BCUT2D eigenvalue weighted by molar-refractivity contribution is 0.0330. The Hall–Kier alpha value is -1.46. The third-order valence-corrected chi connectivity index (χ3v) is 4.58. The predicted octanol–water partition coefficient (Wildman–Crippen LogP) is 1.98. The van der Waals surface area contributed by atoms with Crippen molar-refractivity contribution in [3.8, 4) is 17.2 Å². The fraction of sp³-hybridized carbons (Fsp3) is 0.600. The highest BCUT2D eigenvalue weighted by molar-refractivity contribution is 5.55. The molecule has 1 aliphatic carbocycles. The van der Waals surface area contributed by atoms with Gasteiger partial charge in [0.1, 0.15) is 0 Å².